The second-order valence-electron chi connectivity index (χ2n) is 7.28. The quantitative estimate of drug-likeness (QED) is 0.797. The van der Waals surface area contributed by atoms with Crippen molar-refractivity contribution in [3.63, 3.8) is 0 Å². The minimum Gasteiger partial charge on any atom is -0.339 e. The Kier molecular flexibility index (Phi) is 7.06. The number of nitrogens with one attached hydrogen (secondary N) is 1. The normalized spacial score (nSPS) is 14.2. The monoisotopic (exact) mass is 399 g/mol. The summed E-state index contributed by atoms with van der Waals surface area (Å²) in [5, 5.41) is 3.43. The Hall–Kier alpha value is -2.37. The Labute approximate surface area is 171 Å². The summed E-state index contributed by atoms with van der Waals surface area (Å²) in [5.74, 6) is -0.00628. The van der Waals surface area contributed by atoms with Crippen molar-refractivity contribution in [3.8, 4) is 0 Å². The van der Waals surface area contributed by atoms with Gasteiger partial charge < -0.3 is 10.2 Å². The molecule has 5 nitrogen and oxygen atoms in total. The molecule has 1 fully saturated rings. The van der Waals surface area contributed by atoms with Crippen LogP contribution in [0.1, 0.15) is 35.2 Å². The van der Waals surface area contributed by atoms with Crippen LogP contribution in [0.4, 0.5) is 5.69 Å². The maximum Gasteiger partial charge on any atom is 0.253 e. The number of benzene rings is 2. The molecular weight excluding hydrogens is 374 g/mol. The van der Waals surface area contributed by atoms with Gasteiger partial charge in [0.15, 0.2) is 0 Å². The first-order chi connectivity index (χ1) is 13.5. The van der Waals surface area contributed by atoms with E-state index in [0.717, 1.165) is 37.1 Å². The van der Waals surface area contributed by atoms with Crippen LogP contribution >= 0.6 is 11.6 Å². The molecule has 0 radical (unpaired) electrons. The minimum absolute atomic E-state index is 0.0999. The van der Waals surface area contributed by atoms with E-state index in [-0.39, 0.29) is 18.4 Å². The van der Waals surface area contributed by atoms with E-state index >= 15 is 0 Å². The highest BCUT2D eigenvalue weighted by Crippen LogP contribution is 2.16. The summed E-state index contributed by atoms with van der Waals surface area (Å²) in [6, 6.07) is 14.8. The Balaban J connectivity index is 1.55. The van der Waals surface area contributed by atoms with Crippen LogP contribution in [-0.4, -0.2) is 48.3 Å². The number of amides is 2. The molecule has 2 aromatic carbocycles. The third-order valence-electron chi connectivity index (χ3n) is 4.79. The number of piperidine rings is 1. The number of carbonyl (C=O) groups is 2. The Morgan fingerprint density at radius 3 is 2.57 bits per heavy atom. The lowest BCUT2D eigenvalue weighted by atomic mass is 10.1. The molecule has 148 valence electrons. The summed E-state index contributed by atoms with van der Waals surface area (Å²) in [6.07, 6.45) is 3.36. The van der Waals surface area contributed by atoms with Gasteiger partial charge in [0.2, 0.25) is 5.91 Å². The lowest BCUT2D eigenvalue weighted by molar-refractivity contribution is -0.117. The van der Waals surface area contributed by atoms with E-state index < -0.39 is 0 Å². The van der Waals surface area contributed by atoms with E-state index in [2.05, 4.69) is 5.32 Å². The van der Waals surface area contributed by atoms with E-state index in [0.29, 0.717) is 17.3 Å². The average molecular weight is 400 g/mol. The van der Waals surface area contributed by atoms with E-state index in [4.69, 9.17) is 11.6 Å². The van der Waals surface area contributed by atoms with E-state index in [1.165, 1.54) is 6.42 Å². The zero-order valence-corrected chi connectivity index (χ0v) is 16.9. The molecule has 1 N–H and O–H groups in total. The Morgan fingerprint density at radius 2 is 1.82 bits per heavy atom. The van der Waals surface area contributed by atoms with Crippen LogP contribution in [0, 0.1) is 0 Å². The number of likely N-dealkylation sites (tertiary alicyclic amines) is 1. The zero-order valence-electron chi connectivity index (χ0n) is 16.2. The second-order valence-corrected chi connectivity index (χ2v) is 7.72. The summed E-state index contributed by atoms with van der Waals surface area (Å²) in [5.41, 5.74) is 2.41. The standard InChI is InChI=1S/C22H26ClN3O2/c1-25(16-21(27)24-20-10-6-9-19(23)14-20)15-17-7-5-8-18(13-17)22(28)26-11-3-2-4-12-26/h5-10,13-14H,2-4,11-12,15-16H2,1H3,(H,24,27). The van der Waals surface area contributed by atoms with Crippen molar-refractivity contribution in [2.75, 3.05) is 32.0 Å². The van der Waals surface area contributed by atoms with Gasteiger partial charge in [0, 0.05) is 35.9 Å². The first-order valence-corrected chi connectivity index (χ1v) is 10.0. The Morgan fingerprint density at radius 1 is 1.07 bits per heavy atom. The van der Waals surface area contributed by atoms with Gasteiger partial charge in [0.25, 0.3) is 5.91 Å². The lowest BCUT2D eigenvalue weighted by Gasteiger charge is -2.27. The average Bonchev–Trinajstić information content (AvgIpc) is 2.68. The molecule has 3 rings (SSSR count). The van der Waals surface area contributed by atoms with Crippen LogP contribution in [0.25, 0.3) is 0 Å². The van der Waals surface area contributed by atoms with Crippen LogP contribution in [0.5, 0.6) is 0 Å². The maximum atomic E-state index is 12.7. The van der Waals surface area contributed by atoms with Gasteiger partial charge in [-0.15, -0.1) is 0 Å². The topological polar surface area (TPSA) is 52.7 Å². The number of halogens is 1. The van der Waals surface area contributed by atoms with Crippen LogP contribution in [0.15, 0.2) is 48.5 Å². The highest BCUT2D eigenvalue weighted by Gasteiger charge is 2.18. The molecule has 1 heterocycles. The van der Waals surface area contributed by atoms with E-state index in [9.17, 15) is 9.59 Å². The van der Waals surface area contributed by atoms with Gasteiger partial charge >= 0.3 is 0 Å². The highest BCUT2D eigenvalue weighted by atomic mass is 35.5. The number of rotatable bonds is 6. The number of likely N-dealkylation sites (N-methyl/N-ethyl adjacent to an activating group) is 1. The summed E-state index contributed by atoms with van der Waals surface area (Å²) < 4.78 is 0. The van der Waals surface area contributed by atoms with Crippen molar-refractivity contribution in [2.24, 2.45) is 0 Å². The largest absolute Gasteiger partial charge is 0.339 e. The van der Waals surface area contributed by atoms with Gasteiger partial charge in [-0.25, -0.2) is 0 Å². The number of hydrogen-bond acceptors (Lipinski definition) is 3. The first kappa shape index (κ1) is 20.4. The number of anilines is 1. The second kappa shape index (κ2) is 9.71. The number of carbonyl (C=O) groups excluding carboxylic acids is 2. The number of nitrogens with zero attached hydrogens (tertiary/aromatic N) is 2. The SMILES string of the molecule is CN(CC(=O)Nc1cccc(Cl)c1)Cc1cccc(C(=O)N2CCCCC2)c1. The molecule has 28 heavy (non-hydrogen) atoms. The minimum atomic E-state index is -0.106. The smallest absolute Gasteiger partial charge is 0.253 e. The fourth-order valence-corrected chi connectivity index (χ4v) is 3.65. The van der Waals surface area contributed by atoms with Crippen molar-refractivity contribution >= 4 is 29.1 Å². The Bertz CT molecular complexity index is 834. The predicted molar refractivity (Wildman–Crippen MR) is 113 cm³/mol. The summed E-state index contributed by atoms with van der Waals surface area (Å²) in [4.78, 5) is 28.8. The van der Waals surface area contributed by atoms with E-state index in [1.54, 1.807) is 24.3 Å². The molecule has 1 aliphatic heterocycles. The predicted octanol–water partition coefficient (Wildman–Crippen LogP) is 4.04. The van der Waals surface area contributed by atoms with Crippen LogP contribution < -0.4 is 5.32 Å². The van der Waals surface area contributed by atoms with Gasteiger partial charge in [-0.2, -0.15) is 0 Å². The molecular formula is C22H26ClN3O2. The fourth-order valence-electron chi connectivity index (χ4n) is 3.46. The third-order valence-corrected chi connectivity index (χ3v) is 5.03. The van der Waals surface area contributed by atoms with Crippen molar-refractivity contribution in [3.05, 3.63) is 64.7 Å². The highest BCUT2D eigenvalue weighted by molar-refractivity contribution is 6.30. The molecule has 0 aromatic heterocycles. The lowest BCUT2D eigenvalue weighted by Crippen LogP contribution is -2.35. The molecule has 2 amide bonds. The van der Waals surface area contributed by atoms with Crippen molar-refractivity contribution < 1.29 is 9.59 Å². The molecule has 1 aliphatic rings. The van der Waals surface area contributed by atoms with E-state index in [1.807, 2.05) is 41.1 Å². The third kappa shape index (κ3) is 5.81. The van der Waals surface area contributed by atoms with Gasteiger partial charge in [-0.1, -0.05) is 29.8 Å². The van der Waals surface area contributed by atoms with Crippen LogP contribution in [0.2, 0.25) is 5.02 Å². The molecule has 0 atom stereocenters. The summed E-state index contributed by atoms with van der Waals surface area (Å²) >= 11 is 5.95. The molecule has 1 saturated heterocycles. The van der Waals surface area contributed by atoms with Gasteiger partial charge in [0.1, 0.15) is 0 Å². The maximum absolute atomic E-state index is 12.7. The molecule has 0 bridgehead atoms. The molecule has 0 saturated carbocycles. The van der Waals surface area contributed by atoms with Gasteiger partial charge in [-0.05, 0) is 62.2 Å². The summed E-state index contributed by atoms with van der Waals surface area (Å²) in [7, 11) is 1.89. The summed E-state index contributed by atoms with van der Waals surface area (Å²) in [6.45, 7) is 2.51. The molecule has 0 unspecified atom stereocenters. The number of hydrogen-bond donors (Lipinski definition) is 1. The first-order valence-electron chi connectivity index (χ1n) is 9.63. The zero-order chi connectivity index (χ0) is 19.9. The molecule has 0 aliphatic carbocycles. The van der Waals surface area contributed by atoms with Crippen molar-refractivity contribution in [2.45, 2.75) is 25.8 Å². The molecule has 6 heteroatoms. The van der Waals surface area contributed by atoms with Crippen LogP contribution in [0.3, 0.4) is 0 Å². The molecule has 0 spiro atoms. The van der Waals surface area contributed by atoms with Crippen molar-refractivity contribution in [1.29, 1.82) is 0 Å². The fraction of sp³-hybridized carbons (Fsp3) is 0.364. The van der Waals surface area contributed by atoms with Crippen molar-refractivity contribution in [1.82, 2.24) is 9.80 Å². The molecule has 2 aromatic rings. The van der Waals surface area contributed by atoms with Gasteiger partial charge in [0.05, 0.1) is 6.54 Å². The van der Waals surface area contributed by atoms with Gasteiger partial charge in [-0.3, -0.25) is 14.5 Å². The van der Waals surface area contributed by atoms with Crippen LogP contribution in [-0.2, 0) is 11.3 Å².